The minimum Gasteiger partial charge on any atom is -0.481 e. The maximum absolute atomic E-state index is 14.3. The number of aromatic nitrogens is 2. The third-order valence-electron chi connectivity index (χ3n) is 14.5. The van der Waals surface area contributed by atoms with Gasteiger partial charge in [0.15, 0.2) is 0 Å². The number of nitro groups is 1. The van der Waals surface area contributed by atoms with Gasteiger partial charge in [0, 0.05) is 88.1 Å². The molecule has 2 aliphatic heterocycles. The number of rotatable bonds is 14. The Morgan fingerprint density at radius 1 is 1.00 bits per heavy atom. The van der Waals surface area contributed by atoms with Gasteiger partial charge >= 0.3 is 5.69 Å². The maximum atomic E-state index is 14.3. The van der Waals surface area contributed by atoms with Crippen molar-refractivity contribution in [3.63, 3.8) is 0 Å². The van der Waals surface area contributed by atoms with E-state index in [4.69, 9.17) is 10.5 Å². The summed E-state index contributed by atoms with van der Waals surface area (Å²) in [6, 6.07) is 19.3. The van der Waals surface area contributed by atoms with Crippen LogP contribution in [0.5, 0.6) is 5.88 Å². The molecular formula is C48H62N8O7S. The highest BCUT2D eigenvalue weighted by molar-refractivity contribution is 7.91. The number of methoxy groups -OCH3 is 1. The number of carbonyl (C=O) groups is 1. The standard InChI is InChI=1S/C48H62N8O7S/c1-32(2)38-7-5-6-8-39(38)42-31-53(30-34-9-12-44(63-4)50-28-34)21-22-55(42)36-25-48(26-36)17-19-54(20-18-48)35-10-11-40(45(49)57)43(23-35)64(61,62)37-24-41(56(59)60)46(52-29-37)51-27-33-13-15-47(3,58)16-14-33/h5-12,23-24,28-29,32-33,36,42,58H,13-22,25-27,30-31H2,1-4H3,(H2,49,57)(H,51,52)/t33?,42-,47?/m0/s1. The van der Waals surface area contributed by atoms with Gasteiger partial charge in [-0.15, -0.1) is 0 Å². The molecule has 16 heteroatoms. The SMILES string of the molecule is COc1ccc(CN2CCN(C3CC4(CCN(c5ccc(C(N)=O)c(S(=O)(=O)c6cnc(NCC7CCC(C)(O)CC7)c([N+](=O)[O-])c6)c5)CC4)C3)[C@H](c3ccccc3C(C)C)C2)cn1. The number of carbonyl (C=O) groups excluding carboxylic acids is 1. The molecule has 1 amide bonds. The summed E-state index contributed by atoms with van der Waals surface area (Å²) in [6.45, 7) is 11.9. The van der Waals surface area contributed by atoms with Crippen molar-refractivity contribution in [1.29, 1.82) is 0 Å². The molecule has 2 aliphatic carbocycles. The number of sulfone groups is 1. The lowest BCUT2D eigenvalue weighted by atomic mass is 9.59. The minimum absolute atomic E-state index is 0.0358. The number of aliphatic hydroxyl groups is 1. The van der Waals surface area contributed by atoms with E-state index in [1.165, 1.54) is 28.8 Å². The molecule has 2 aromatic carbocycles. The molecule has 0 radical (unpaired) electrons. The van der Waals surface area contributed by atoms with Crippen molar-refractivity contribution in [2.75, 3.05) is 56.6 Å². The van der Waals surface area contributed by atoms with Gasteiger partial charge < -0.3 is 25.8 Å². The summed E-state index contributed by atoms with van der Waals surface area (Å²) in [5.74, 6) is 0.249. The summed E-state index contributed by atoms with van der Waals surface area (Å²) >= 11 is 0. The largest absolute Gasteiger partial charge is 0.481 e. The van der Waals surface area contributed by atoms with E-state index in [9.17, 15) is 28.4 Å². The molecule has 64 heavy (non-hydrogen) atoms. The van der Waals surface area contributed by atoms with Gasteiger partial charge in [-0.05, 0) is 110 Å². The number of piperidine rings is 1. The summed E-state index contributed by atoms with van der Waals surface area (Å²) in [5, 5.41) is 25.6. The molecule has 4 aromatic rings. The predicted molar refractivity (Wildman–Crippen MR) is 245 cm³/mol. The van der Waals surface area contributed by atoms with Crippen molar-refractivity contribution in [3.05, 3.63) is 105 Å². The molecule has 0 unspecified atom stereocenters. The van der Waals surface area contributed by atoms with Gasteiger partial charge in [-0.2, -0.15) is 0 Å². The fourth-order valence-electron chi connectivity index (χ4n) is 10.6. The maximum Gasteiger partial charge on any atom is 0.312 e. The lowest BCUT2D eigenvalue weighted by Crippen LogP contribution is -2.60. The second-order valence-corrected chi connectivity index (χ2v) is 21.1. The third kappa shape index (κ3) is 9.60. The second kappa shape index (κ2) is 18.4. The van der Waals surface area contributed by atoms with E-state index in [2.05, 4.69) is 74.2 Å². The number of hydrogen-bond donors (Lipinski definition) is 3. The van der Waals surface area contributed by atoms with Crippen molar-refractivity contribution in [3.8, 4) is 5.88 Å². The fourth-order valence-corrected chi connectivity index (χ4v) is 12.1. The van der Waals surface area contributed by atoms with Crippen LogP contribution >= 0.6 is 0 Å². The molecule has 2 aromatic heterocycles. The summed E-state index contributed by atoms with van der Waals surface area (Å²) in [6.07, 6.45) is 9.87. The Labute approximate surface area is 376 Å². The van der Waals surface area contributed by atoms with Gasteiger partial charge in [0.2, 0.25) is 27.4 Å². The average molecular weight is 895 g/mol. The van der Waals surface area contributed by atoms with E-state index in [0.29, 0.717) is 42.9 Å². The van der Waals surface area contributed by atoms with Crippen LogP contribution in [0.3, 0.4) is 0 Å². The van der Waals surface area contributed by atoms with Crippen molar-refractivity contribution >= 4 is 32.9 Å². The zero-order valence-corrected chi connectivity index (χ0v) is 38.2. The predicted octanol–water partition coefficient (Wildman–Crippen LogP) is 7.11. The van der Waals surface area contributed by atoms with E-state index < -0.39 is 36.9 Å². The number of piperazine rings is 1. The molecule has 2 saturated heterocycles. The number of anilines is 2. The molecule has 2 saturated carbocycles. The van der Waals surface area contributed by atoms with Crippen molar-refractivity contribution < 1.29 is 28.0 Å². The van der Waals surface area contributed by atoms with Crippen LogP contribution in [0.4, 0.5) is 17.2 Å². The molecule has 1 spiro atoms. The Hall–Kier alpha value is -5.16. The molecule has 4 N–H and O–H groups in total. The quantitative estimate of drug-likeness (QED) is 0.0856. The molecule has 342 valence electrons. The van der Waals surface area contributed by atoms with Crippen molar-refractivity contribution in [1.82, 2.24) is 19.8 Å². The van der Waals surface area contributed by atoms with Crippen LogP contribution in [0, 0.1) is 21.4 Å². The Balaban J connectivity index is 0.950. The molecule has 0 bridgehead atoms. The number of nitrogens with two attached hydrogens (primary N) is 1. The summed E-state index contributed by atoms with van der Waals surface area (Å²) in [4.78, 5) is 39.6. The van der Waals surface area contributed by atoms with Crippen LogP contribution < -0.4 is 20.7 Å². The zero-order valence-electron chi connectivity index (χ0n) is 37.4. The van der Waals surface area contributed by atoms with E-state index in [1.54, 1.807) is 13.2 Å². The van der Waals surface area contributed by atoms with E-state index >= 15 is 0 Å². The lowest BCUT2D eigenvalue weighted by molar-refractivity contribution is -0.384. The van der Waals surface area contributed by atoms with Crippen LogP contribution in [0.15, 0.2) is 82.8 Å². The molecule has 4 fully saturated rings. The van der Waals surface area contributed by atoms with Crippen molar-refractivity contribution in [2.24, 2.45) is 17.1 Å². The van der Waals surface area contributed by atoms with Gasteiger partial charge in [0.25, 0.3) is 0 Å². The number of amides is 1. The number of pyridine rings is 2. The fraction of sp³-hybridized carbons (Fsp3) is 0.521. The Bertz CT molecular complexity index is 2440. The zero-order chi connectivity index (χ0) is 45.4. The topological polar surface area (TPSA) is 197 Å². The monoisotopic (exact) mass is 894 g/mol. The van der Waals surface area contributed by atoms with E-state index in [1.807, 2.05) is 19.2 Å². The van der Waals surface area contributed by atoms with Crippen LogP contribution in [0.2, 0.25) is 0 Å². The van der Waals surface area contributed by atoms with Gasteiger partial charge in [-0.1, -0.05) is 44.2 Å². The van der Waals surface area contributed by atoms with Gasteiger partial charge in [0.05, 0.1) is 33.0 Å². The highest BCUT2D eigenvalue weighted by atomic mass is 32.2. The first-order valence-electron chi connectivity index (χ1n) is 22.7. The summed E-state index contributed by atoms with van der Waals surface area (Å²) in [7, 11) is -2.83. The second-order valence-electron chi connectivity index (χ2n) is 19.2. The van der Waals surface area contributed by atoms with Crippen LogP contribution in [0.1, 0.15) is 111 Å². The number of nitrogens with zero attached hydrogens (tertiary/aromatic N) is 6. The van der Waals surface area contributed by atoms with Crippen LogP contribution in [-0.4, -0.2) is 102 Å². The number of nitrogens with one attached hydrogen (secondary N) is 1. The van der Waals surface area contributed by atoms with Crippen LogP contribution in [-0.2, 0) is 16.4 Å². The molecule has 15 nitrogen and oxygen atoms in total. The summed E-state index contributed by atoms with van der Waals surface area (Å²) in [5.41, 5.74) is 9.14. The summed E-state index contributed by atoms with van der Waals surface area (Å²) < 4.78 is 33.8. The number of primary amides is 1. The first-order chi connectivity index (χ1) is 30.5. The van der Waals surface area contributed by atoms with Gasteiger partial charge in [-0.25, -0.2) is 18.4 Å². The first-order valence-corrected chi connectivity index (χ1v) is 24.1. The Morgan fingerprint density at radius 2 is 1.73 bits per heavy atom. The van der Waals surface area contributed by atoms with Gasteiger partial charge in [0.1, 0.15) is 0 Å². The molecule has 8 rings (SSSR count). The number of hydrogen-bond acceptors (Lipinski definition) is 13. The Kier molecular flexibility index (Phi) is 13.0. The first kappa shape index (κ1) is 45.4. The highest BCUT2D eigenvalue weighted by Gasteiger charge is 2.50. The van der Waals surface area contributed by atoms with E-state index in [0.717, 1.165) is 90.1 Å². The molecule has 4 heterocycles. The number of benzene rings is 2. The van der Waals surface area contributed by atoms with E-state index in [-0.39, 0.29) is 33.7 Å². The van der Waals surface area contributed by atoms with Gasteiger partial charge in [-0.3, -0.25) is 24.7 Å². The number of ether oxygens (including phenoxy) is 1. The van der Waals surface area contributed by atoms with Crippen LogP contribution in [0.25, 0.3) is 0 Å². The molecule has 1 atom stereocenters. The van der Waals surface area contributed by atoms with Crippen molar-refractivity contribution in [2.45, 2.75) is 112 Å². The Morgan fingerprint density at radius 3 is 2.39 bits per heavy atom. The molecular weight excluding hydrogens is 833 g/mol. The average Bonchev–Trinajstić information content (AvgIpc) is 3.28. The normalized spacial score (nSPS) is 23.2. The minimum atomic E-state index is -4.46. The molecule has 4 aliphatic rings. The lowest BCUT2D eigenvalue weighted by Gasteiger charge is -2.58. The highest BCUT2D eigenvalue weighted by Crippen LogP contribution is 2.53. The third-order valence-corrected chi connectivity index (χ3v) is 16.3. The smallest absolute Gasteiger partial charge is 0.312 e.